The number of rotatable bonds is 7. The predicted octanol–water partition coefficient (Wildman–Crippen LogP) is 3.73. The number of anilines is 1. The molecule has 1 N–H and O–H groups in total. The molecule has 0 aromatic heterocycles. The van der Waals surface area contributed by atoms with E-state index < -0.39 is 0 Å². The average Bonchev–Trinajstić information content (AvgIpc) is 3.08. The normalized spacial score (nSPS) is 17.4. The van der Waals surface area contributed by atoms with Crippen LogP contribution in [0.1, 0.15) is 24.8 Å². The van der Waals surface area contributed by atoms with E-state index in [1.54, 1.807) is 7.11 Å². The molecule has 4 nitrogen and oxygen atoms in total. The Balaban J connectivity index is 1.51. The van der Waals surface area contributed by atoms with Crippen molar-refractivity contribution in [1.82, 2.24) is 4.90 Å². The number of amides is 1. The first-order chi connectivity index (χ1) is 12.3. The first-order valence-electron chi connectivity index (χ1n) is 8.97. The van der Waals surface area contributed by atoms with Gasteiger partial charge in [-0.3, -0.25) is 9.69 Å². The molecule has 0 bridgehead atoms. The number of nitrogens with zero attached hydrogens (tertiary/aromatic N) is 1. The van der Waals surface area contributed by atoms with E-state index >= 15 is 0 Å². The number of hydrogen-bond donors (Lipinski definition) is 1. The van der Waals surface area contributed by atoms with Crippen molar-refractivity contribution in [2.75, 3.05) is 25.5 Å². The summed E-state index contributed by atoms with van der Waals surface area (Å²) >= 11 is 0. The van der Waals surface area contributed by atoms with Crippen molar-refractivity contribution in [3.05, 3.63) is 60.2 Å². The quantitative estimate of drug-likeness (QED) is 0.836. The maximum atomic E-state index is 12.3. The van der Waals surface area contributed by atoms with Crippen molar-refractivity contribution in [1.29, 1.82) is 0 Å². The van der Waals surface area contributed by atoms with E-state index in [2.05, 4.69) is 40.5 Å². The van der Waals surface area contributed by atoms with Gasteiger partial charge in [-0.1, -0.05) is 42.5 Å². The van der Waals surface area contributed by atoms with Crippen LogP contribution in [-0.2, 0) is 11.2 Å². The molecule has 0 saturated carbocycles. The molecule has 1 fully saturated rings. The Labute approximate surface area is 149 Å². The second-order valence-corrected chi connectivity index (χ2v) is 6.52. The van der Waals surface area contributed by atoms with Crippen molar-refractivity contribution in [3.8, 4) is 5.75 Å². The van der Waals surface area contributed by atoms with Gasteiger partial charge in [0.25, 0.3) is 0 Å². The zero-order valence-electron chi connectivity index (χ0n) is 14.8. The van der Waals surface area contributed by atoms with Gasteiger partial charge in [0.05, 0.1) is 12.8 Å². The third-order valence-corrected chi connectivity index (χ3v) is 4.82. The number of carbonyl (C=O) groups excluding carboxylic acids is 1. The highest BCUT2D eigenvalue weighted by Gasteiger charge is 2.24. The van der Waals surface area contributed by atoms with Crippen LogP contribution in [0.4, 0.5) is 5.69 Å². The van der Waals surface area contributed by atoms with Gasteiger partial charge in [-0.05, 0) is 43.5 Å². The van der Waals surface area contributed by atoms with E-state index in [0.29, 0.717) is 18.2 Å². The second kappa shape index (κ2) is 8.67. The second-order valence-electron chi connectivity index (χ2n) is 6.52. The van der Waals surface area contributed by atoms with Crippen molar-refractivity contribution < 1.29 is 9.53 Å². The third-order valence-electron chi connectivity index (χ3n) is 4.82. The highest BCUT2D eigenvalue weighted by atomic mass is 16.5. The summed E-state index contributed by atoms with van der Waals surface area (Å²) in [6.07, 6.45) is 3.99. The molecule has 25 heavy (non-hydrogen) atoms. The minimum Gasteiger partial charge on any atom is -0.495 e. The number of methoxy groups -OCH3 is 1. The van der Waals surface area contributed by atoms with Gasteiger partial charge in [0, 0.05) is 19.0 Å². The average molecular weight is 338 g/mol. The molecule has 1 amide bonds. The molecule has 132 valence electrons. The molecular formula is C21H26N2O2. The maximum absolute atomic E-state index is 12.3. The molecule has 1 heterocycles. The largest absolute Gasteiger partial charge is 0.495 e. The minimum atomic E-state index is 0.0369. The SMILES string of the molecule is COc1ccccc1NC(=O)CCN1CCCC1Cc1ccccc1. The van der Waals surface area contributed by atoms with Gasteiger partial charge >= 0.3 is 0 Å². The highest BCUT2D eigenvalue weighted by molar-refractivity contribution is 5.92. The molecule has 0 radical (unpaired) electrons. The number of carbonyl (C=O) groups is 1. The molecular weight excluding hydrogens is 312 g/mol. The van der Waals surface area contributed by atoms with Gasteiger partial charge in [-0.15, -0.1) is 0 Å². The van der Waals surface area contributed by atoms with E-state index in [9.17, 15) is 4.79 Å². The van der Waals surface area contributed by atoms with Crippen LogP contribution in [0.5, 0.6) is 5.75 Å². The van der Waals surface area contributed by atoms with Crippen LogP contribution in [0.3, 0.4) is 0 Å². The van der Waals surface area contributed by atoms with Crippen LogP contribution < -0.4 is 10.1 Å². The number of likely N-dealkylation sites (tertiary alicyclic amines) is 1. The van der Waals surface area contributed by atoms with E-state index in [1.807, 2.05) is 24.3 Å². The van der Waals surface area contributed by atoms with Crippen molar-refractivity contribution >= 4 is 11.6 Å². The van der Waals surface area contributed by atoms with Gasteiger partial charge in [0.1, 0.15) is 5.75 Å². The monoisotopic (exact) mass is 338 g/mol. The summed E-state index contributed by atoms with van der Waals surface area (Å²) in [5.74, 6) is 0.730. The Morgan fingerprint density at radius 1 is 1.16 bits per heavy atom. The summed E-state index contributed by atoms with van der Waals surface area (Å²) in [5.41, 5.74) is 2.11. The number of benzene rings is 2. The highest BCUT2D eigenvalue weighted by Crippen LogP contribution is 2.24. The van der Waals surface area contributed by atoms with Gasteiger partial charge in [-0.25, -0.2) is 0 Å². The maximum Gasteiger partial charge on any atom is 0.225 e. The Bertz CT molecular complexity index is 687. The van der Waals surface area contributed by atoms with Gasteiger partial charge in [0.2, 0.25) is 5.91 Å². The van der Waals surface area contributed by atoms with Crippen molar-refractivity contribution in [2.45, 2.75) is 31.7 Å². The first-order valence-corrected chi connectivity index (χ1v) is 8.97. The van der Waals surface area contributed by atoms with Crippen molar-refractivity contribution in [3.63, 3.8) is 0 Å². The smallest absolute Gasteiger partial charge is 0.225 e. The molecule has 4 heteroatoms. The van der Waals surface area contributed by atoms with E-state index in [0.717, 1.165) is 25.2 Å². The van der Waals surface area contributed by atoms with E-state index in [-0.39, 0.29) is 5.91 Å². The van der Waals surface area contributed by atoms with Crippen LogP contribution in [0, 0.1) is 0 Å². The van der Waals surface area contributed by atoms with Gasteiger partial charge < -0.3 is 10.1 Å². The van der Waals surface area contributed by atoms with Crippen LogP contribution in [-0.4, -0.2) is 37.0 Å². The molecule has 1 unspecified atom stereocenters. The summed E-state index contributed by atoms with van der Waals surface area (Å²) < 4.78 is 5.28. The zero-order chi connectivity index (χ0) is 17.5. The lowest BCUT2D eigenvalue weighted by Gasteiger charge is -2.24. The minimum absolute atomic E-state index is 0.0369. The lowest BCUT2D eigenvalue weighted by Crippen LogP contribution is -2.33. The standard InChI is InChI=1S/C21H26N2O2/c1-25-20-12-6-5-11-19(20)22-21(24)13-15-23-14-7-10-18(23)16-17-8-3-2-4-9-17/h2-6,8-9,11-12,18H,7,10,13-16H2,1H3,(H,22,24). The molecule has 1 aliphatic heterocycles. The summed E-state index contributed by atoms with van der Waals surface area (Å²) in [6.45, 7) is 1.89. The number of para-hydroxylation sites is 2. The Morgan fingerprint density at radius 3 is 2.72 bits per heavy atom. The lowest BCUT2D eigenvalue weighted by molar-refractivity contribution is -0.116. The number of ether oxygens (including phenoxy) is 1. The Kier molecular flexibility index (Phi) is 6.07. The summed E-state index contributed by atoms with van der Waals surface area (Å²) in [4.78, 5) is 14.8. The fourth-order valence-electron chi connectivity index (χ4n) is 3.51. The fraction of sp³-hybridized carbons (Fsp3) is 0.381. The molecule has 3 rings (SSSR count). The molecule has 0 aliphatic carbocycles. The Morgan fingerprint density at radius 2 is 1.92 bits per heavy atom. The molecule has 1 saturated heterocycles. The molecule has 0 spiro atoms. The molecule has 1 atom stereocenters. The zero-order valence-corrected chi connectivity index (χ0v) is 14.8. The van der Waals surface area contributed by atoms with Gasteiger partial charge in [0.15, 0.2) is 0 Å². The summed E-state index contributed by atoms with van der Waals surface area (Å²) in [7, 11) is 1.61. The van der Waals surface area contributed by atoms with Crippen LogP contribution in [0.25, 0.3) is 0 Å². The molecule has 2 aromatic carbocycles. The first kappa shape index (κ1) is 17.5. The summed E-state index contributed by atoms with van der Waals surface area (Å²) in [6, 6.07) is 18.7. The fourth-order valence-corrected chi connectivity index (χ4v) is 3.51. The van der Waals surface area contributed by atoms with E-state index in [4.69, 9.17) is 4.74 Å². The van der Waals surface area contributed by atoms with Crippen molar-refractivity contribution in [2.24, 2.45) is 0 Å². The molecule has 1 aliphatic rings. The summed E-state index contributed by atoms with van der Waals surface area (Å²) in [5, 5.41) is 2.96. The third kappa shape index (κ3) is 4.83. The van der Waals surface area contributed by atoms with Crippen LogP contribution >= 0.6 is 0 Å². The van der Waals surface area contributed by atoms with Crippen LogP contribution in [0.15, 0.2) is 54.6 Å². The number of hydrogen-bond acceptors (Lipinski definition) is 3. The lowest BCUT2D eigenvalue weighted by atomic mass is 10.0. The van der Waals surface area contributed by atoms with Gasteiger partial charge in [-0.2, -0.15) is 0 Å². The van der Waals surface area contributed by atoms with Crippen LogP contribution in [0.2, 0.25) is 0 Å². The van der Waals surface area contributed by atoms with E-state index in [1.165, 1.54) is 18.4 Å². The topological polar surface area (TPSA) is 41.6 Å². The Hall–Kier alpha value is -2.33. The number of nitrogens with one attached hydrogen (secondary N) is 1. The predicted molar refractivity (Wildman–Crippen MR) is 101 cm³/mol. The molecule has 2 aromatic rings.